The monoisotopic (exact) mass is 324 g/mol. The lowest BCUT2D eigenvalue weighted by Crippen LogP contribution is -2.21. The maximum Gasteiger partial charge on any atom is 0.181 e. The molecule has 1 N–H and O–H groups in total. The molecule has 0 aliphatic carbocycles. The van der Waals surface area contributed by atoms with Crippen LogP contribution < -0.4 is 0 Å². The summed E-state index contributed by atoms with van der Waals surface area (Å²) in [5.41, 5.74) is 0. The number of allylic oxidation sites excluding steroid dienone is 2. The number of hydrogen-bond donors (Lipinski definition) is 1. The first-order valence-corrected chi connectivity index (χ1v) is 7.91. The maximum absolute atomic E-state index is 12.2. The van der Waals surface area contributed by atoms with E-state index in [1.807, 2.05) is 0 Å². The fraction of sp³-hybridized carbons (Fsp3) is 0.538. The summed E-state index contributed by atoms with van der Waals surface area (Å²) >= 11 is 5.89. The molecule has 0 radical (unpaired) electrons. The van der Waals surface area contributed by atoms with Gasteiger partial charge in [-0.15, -0.1) is 0 Å². The van der Waals surface area contributed by atoms with Gasteiger partial charge in [-0.2, -0.15) is 0 Å². The molecule has 5 nitrogen and oxygen atoms in total. The van der Waals surface area contributed by atoms with Crippen molar-refractivity contribution < 1.29 is 23.0 Å². The lowest BCUT2D eigenvalue weighted by molar-refractivity contribution is 0.0907. The highest BCUT2D eigenvalue weighted by atomic mass is 35.5. The lowest BCUT2D eigenvalue weighted by Gasteiger charge is -2.14. The van der Waals surface area contributed by atoms with Gasteiger partial charge in [0, 0.05) is 6.61 Å². The number of aliphatic hydroxyl groups excluding tert-OH is 1. The molecule has 0 fully saturated rings. The summed E-state index contributed by atoms with van der Waals surface area (Å²) in [6.45, 7) is 8.92. The number of sulfone groups is 1. The fourth-order valence-corrected chi connectivity index (χ4v) is 2.90. The molecule has 0 aromatic heterocycles. The third kappa shape index (κ3) is 6.09. The van der Waals surface area contributed by atoms with E-state index in [-0.39, 0.29) is 41.9 Å². The highest BCUT2D eigenvalue weighted by Gasteiger charge is 2.26. The molecular formula is C13H21ClO5S. The first-order valence-electron chi connectivity index (χ1n) is 5.99. The van der Waals surface area contributed by atoms with Crippen LogP contribution in [0.5, 0.6) is 0 Å². The van der Waals surface area contributed by atoms with Crippen LogP contribution in [0.2, 0.25) is 0 Å². The highest BCUT2D eigenvalue weighted by molar-refractivity contribution is 7.96. The topological polar surface area (TPSA) is 72.8 Å². The first-order chi connectivity index (χ1) is 9.27. The molecule has 0 aromatic carbocycles. The molecule has 0 aliphatic rings. The average molecular weight is 325 g/mol. The van der Waals surface area contributed by atoms with Crippen LogP contribution in [0.3, 0.4) is 0 Å². The summed E-state index contributed by atoms with van der Waals surface area (Å²) in [5.74, 6) is 0.241. The Morgan fingerprint density at radius 2 is 2.00 bits per heavy atom. The molecule has 0 rings (SSSR count). The van der Waals surface area contributed by atoms with Crippen LogP contribution in [-0.2, 0) is 19.3 Å². The van der Waals surface area contributed by atoms with E-state index in [9.17, 15) is 8.42 Å². The molecule has 0 saturated carbocycles. The molecule has 1 atom stereocenters. The summed E-state index contributed by atoms with van der Waals surface area (Å²) in [4.78, 5) is -0.174. The first kappa shape index (κ1) is 19.2. The highest BCUT2D eigenvalue weighted by Crippen LogP contribution is 2.25. The molecule has 116 valence electrons. The van der Waals surface area contributed by atoms with E-state index in [1.54, 1.807) is 6.92 Å². The number of ether oxygens (including phenoxy) is 2. The van der Waals surface area contributed by atoms with Gasteiger partial charge in [0.1, 0.15) is 5.76 Å². The Labute approximate surface area is 125 Å². The second-order valence-corrected chi connectivity index (χ2v) is 6.86. The van der Waals surface area contributed by atoms with Crippen molar-refractivity contribution in [3.8, 4) is 0 Å². The molecule has 0 aromatic rings. The Bertz CT molecular complexity index is 467. The second-order valence-electron chi connectivity index (χ2n) is 4.07. The van der Waals surface area contributed by atoms with E-state index in [1.165, 1.54) is 13.2 Å². The van der Waals surface area contributed by atoms with Gasteiger partial charge in [-0.3, -0.25) is 0 Å². The van der Waals surface area contributed by atoms with Gasteiger partial charge >= 0.3 is 0 Å². The molecule has 0 spiro atoms. The van der Waals surface area contributed by atoms with Crippen molar-refractivity contribution in [2.75, 3.05) is 26.9 Å². The van der Waals surface area contributed by atoms with E-state index < -0.39 is 15.1 Å². The van der Waals surface area contributed by atoms with E-state index in [2.05, 4.69) is 13.2 Å². The quantitative estimate of drug-likeness (QED) is 0.378. The van der Waals surface area contributed by atoms with Crippen LogP contribution >= 0.6 is 11.6 Å². The standard InChI is InChI=1S/C13H21ClO5S/c1-10(18-4)9-13(14)12(3)20(16,17)11(2)5-7-19-8-6-15/h9,11,15H,1,3,5-8H2,2,4H3/b13-9+. The van der Waals surface area contributed by atoms with Gasteiger partial charge in [0.15, 0.2) is 9.84 Å². The van der Waals surface area contributed by atoms with Crippen molar-refractivity contribution in [1.29, 1.82) is 0 Å². The van der Waals surface area contributed by atoms with Crippen LogP contribution in [0.1, 0.15) is 13.3 Å². The van der Waals surface area contributed by atoms with Gasteiger partial charge in [0.05, 0.1) is 35.5 Å². The molecule has 0 amide bonds. The van der Waals surface area contributed by atoms with Crippen molar-refractivity contribution in [1.82, 2.24) is 0 Å². The summed E-state index contributed by atoms with van der Waals surface area (Å²) in [5, 5.41) is 7.84. The largest absolute Gasteiger partial charge is 0.497 e. The number of rotatable bonds is 10. The minimum atomic E-state index is -3.61. The van der Waals surface area contributed by atoms with Gasteiger partial charge in [0.25, 0.3) is 0 Å². The minimum Gasteiger partial charge on any atom is -0.497 e. The fourth-order valence-electron chi connectivity index (χ4n) is 1.23. The van der Waals surface area contributed by atoms with Crippen LogP contribution in [0.4, 0.5) is 0 Å². The van der Waals surface area contributed by atoms with Crippen molar-refractivity contribution in [2.24, 2.45) is 0 Å². The molecule has 1 unspecified atom stereocenters. The van der Waals surface area contributed by atoms with E-state index in [0.29, 0.717) is 0 Å². The smallest absolute Gasteiger partial charge is 0.181 e. The Balaban J connectivity index is 4.74. The van der Waals surface area contributed by atoms with E-state index in [0.717, 1.165) is 0 Å². The lowest BCUT2D eigenvalue weighted by atomic mass is 10.3. The molecule has 0 saturated heterocycles. The average Bonchev–Trinajstić information content (AvgIpc) is 2.41. The maximum atomic E-state index is 12.2. The van der Waals surface area contributed by atoms with Gasteiger partial charge in [0.2, 0.25) is 0 Å². The molecule has 20 heavy (non-hydrogen) atoms. The van der Waals surface area contributed by atoms with Crippen LogP contribution in [0.25, 0.3) is 0 Å². The predicted molar refractivity (Wildman–Crippen MR) is 80.1 cm³/mol. The number of halogens is 1. The number of hydrogen-bond acceptors (Lipinski definition) is 5. The SMILES string of the molecule is C=C(/C=C(/Cl)C(=C)S(=O)(=O)C(C)CCOCCO)OC. The van der Waals surface area contributed by atoms with Crippen molar-refractivity contribution >= 4 is 21.4 Å². The Kier molecular flexibility index (Phi) is 8.80. The third-order valence-electron chi connectivity index (χ3n) is 2.59. The number of aliphatic hydroxyl groups is 1. The van der Waals surface area contributed by atoms with Gasteiger partial charge in [-0.05, 0) is 19.4 Å². The second kappa shape index (κ2) is 9.18. The Hall–Kier alpha value is -0.820. The summed E-state index contributed by atoms with van der Waals surface area (Å²) in [7, 11) is -2.21. The minimum absolute atomic E-state index is 0.0278. The van der Waals surface area contributed by atoms with Crippen molar-refractivity contribution in [3.05, 3.63) is 34.9 Å². The third-order valence-corrected chi connectivity index (χ3v) is 5.24. The molecular weight excluding hydrogens is 304 g/mol. The number of methoxy groups -OCH3 is 1. The summed E-state index contributed by atoms with van der Waals surface area (Å²) < 4.78 is 34.3. The van der Waals surface area contributed by atoms with Crippen LogP contribution in [0, 0.1) is 0 Å². The van der Waals surface area contributed by atoms with Gasteiger partial charge in [-0.25, -0.2) is 8.42 Å². The van der Waals surface area contributed by atoms with Crippen LogP contribution in [-0.4, -0.2) is 45.7 Å². The molecule has 0 bridgehead atoms. The normalized spacial score (nSPS) is 13.9. The zero-order valence-electron chi connectivity index (χ0n) is 11.8. The zero-order valence-corrected chi connectivity index (χ0v) is 13.3. The van der Waals surface area contributed by atoms with Crippen LogP contribution in [0.15, 0.2) is 34.9 Å². The zero-order chi connectivity index (χ0) is 15.8. The molecule has 7 heteroatoms. The molecule has 0 aliphatic heterocycles. The Morgan fingerprint density at radius 3 is 2.50 bits per heavy atom. The van der Waals surface area contributed by atoms with Gasteiger partial charge in [-0.1, -0.05) is 24.8 Å². The van der Waals surface area contributed by atoms with E-state index in [4.69, 9.17) is 26.2 Å². The summed E-state index contributed by atoms with van der Waals surface area (Å²) in [6, 6.07) is 0. The Morgan fingerprint density at radius 1 is 1.40 bits per heavy atom. The van der Waals surface area contributed by atoms with E-state index >= 15 is 0 Å². The summed E-state index contributed by atoms with van der Waals surface area (Å²) in [6.07, 6.45) is 1.59. The predicted octanol–water partition coefficient (Wildman–Crippen LogP) is 1.99. The van der Waals surface area contributed by atoms with Gasteiger partial charge < -0.3 is 14.6 Å². The van der Waals surface area contributed by atoms with Crippen molar-refractivity contribution in [3.63, 3.8) is 0 Å². The van der Waals surface area contributed by atoms with Crippen molar-refractivity contribution in [2.45, 2.75) is 18.6 Å². The molecule has 0 heterocycles.